The molecule has 1 aromatic heterocycles. The molecule has 1 fully saturated rings. The van der Waals surface area contributed by atoms with Crippen LogP contribution in [0.15, 0.2) is 18.2 Å². The first-order chi connectivity index (χ1) is 8.79. The molecule has 1 aromatic carbocycles. The molecule has 2 heterocycles. The lowest BCUT2D eigenvalue weighted by Gasteiger charge is -2.23. The van der Waals surface area contributed by atoms with Gasteiger partial charge in [0.1, 0.15) is 5.82 Å². The summed E-state index contributed by atoms with van der Waals surface area (Å²) < 4.78 is 2.29. The number of aryl methyl sites for hydroxylation is 1. The highest BCUT2D eigenvalue weighted by molar-refractivity contribution is 7.99. The van der Waals surface area contributed by atoms with Crippen molar-refractivity contribution in [3.05, 3.63) is 29.0 Å². The second-order valence-electron chi connectivity index (χ2n) is 4.43. The molecule has 0 amide bonds. The van der Waals surface area contributed by atoms with Crippen LogP contribution in [-0.2, 0) is 6.54 Å². The summed E-state index contributed by atoms with van der Waals surface area (Å²) in [5, 5.41) is 4.30. The topological polar surface area (TPSA) is 29.9 Å². The summed E-state index contributed by atoms with van der Waals surface area (Å²) in [6.45, 7) is 4.16. The van der Waals surface area contributed by atoms with E-state index in [4.69, 9.17) is 16.6 Å². The number of nitrogens with one attached hydrogen (secondary N) is 1. The summed E-state index contributed by atoms with van der Waals surface area (Å²) >= 11 is 8.03. The molecule has 1 aliphatic heterocycles. The molecule has 96 valence electrons. The Morgan fingerprint density at radius 2 is 2.44 bits per heavy atom. The van der Waals surface area contributed by atoms with Crippen LogP contribution in [0.3, 0.4) is 0 Å². The molecule has 0 radical (unpaired) electrons. The predicted molar refractivity (Wildman–Crippen MR) is 78.5 cm³/mol. The van der Waals surface area contributed by atoms with Crippen LogP contribution in [0.2, 0.25) is 5.02 Å². The standard InChI is InChI=1S/C13H16ClN3S/c1-2-17-12-4-3-9(14)7-10(12)16-13(17)11-8-18-6-5-15-11/h3-4,7,11,15H,2,5-6,8H2,1H3. The minimum atomic E-state index is 0.356. The van der Waals surface area contributed by atoms with Gasteiger partial charge in [-0.1, -0.05) is 11.6 Å². The average Bonchev–Trinajstić information content (AvgIpc) is 2.77. The molecule has 3 nitrogen and oxygen atoms in total. The maximum atomic E-state index is 6.04. The Bertz CT molecular complexity index is 561. The largest absolute Gasteiger partial charge is 0.327 e. The van der Waals surface area contributed by atoms with Crippen molar-refractivity contribution in [3.8, 4) is 0 Å². The van der Waals surface area contributed by atoms with Gasteiger partial charge in [0.15, 0.2) is 0 Å². The number of fused-ring (bicyclic) bond motifs is 1. The maximum absolute atomic E-state index is 6.04. The normalized spacial score (nSPS) is 20.4. The number of nitrogens with zero attached hydrogens (tertiary/aromatic N) is 2. The molecule has 5 heteroatoms. The van der Waals surface area contributed by atoms with Crippen LogP contribution in [0.25, 0.3) is 11.0 Å². The molecule has 1 unspecified atom stereocenters. The number of imidazole rings is 1. The van der Waals surface area contributed by atoms with Crippen molar-refractivity contribution in [3.63, 3.8) is 0 Å². The van der Waals surface area contributed by atoms with Gasteiger partial charge < -0.3 is 9.88 Å². The highest BCUT2D eigenvalue weighted by Crippen LogP contribution is 2.27. The first kappa shape index (κ1) is 12.3. The number of aromatic nitrogens is 2. The molecule has 1 N–H and O–H groups in total. The third kappa shape index (κ3) is 2.13. The van der Waals surface area contributed by atoms with Crippen molar-refractivity contribution in [1.82, 2.24) is 14.9 Å². The van der Waals surface area contributed by atoms with Gasteiger partial charge in [-0.3, -0.25) is 0 Å². The van der Waals surface area contributed by atoms with Crippen LogP contribution in [0, 0.1) is 0 Å². The number of hydrogen-bond acceptors (Lipinski definition) is 3. The molecule has 0 aliphatic carbocycles. The quantitative estimate of drug-likeness (QED) is 0.917. The third-order valence-corrected chi connectivity index (χ3v) is 4.59. The van der Waals surface area contributed by atoms with Crippen LogP contribution in [0.4, 0.5) is 0 Å². The zero-order chi connectivity index (χ0) is 12.5. The predicted octanol–water partition coefficient (Wildman–Crippen LogP) is 3.09. The zero-order valence-corrected chi connectivity index (χ0v) is 11.9. The molecular weight excluding hydrogens is 266 g/mol. The Labute approximate surface area is 116 Å². The van der Waals surface area contributed by atoms with Gasteiger partial charge >= 0.3 is 0 Å². The van der Waals surface area contributed by atoms with Gasteiger partial charge in [0, 0.05) is 29.6 Å². The lowest BCUT2D eigenvalue weighted by Crippen LogP contribution is -2.32. The molecule has 3 rings (SSSR count). The molecule has 18 heavy (non-hydrogen) atoms. The van der Waals surface area contributed by atoms with E-state index in [1.807, 2.05) is 23.9 Å². The summed E-state index contributed by atoms with van der Waals surface area (Å²) in [7, 11) is 0. The van der Waals surface area contributed by atoms with Crippen LogP contribution in [0.1, 0.15) is 18.8 Å². The van der Waals surface area contributed by atoms with E-state index in [2.05, 4.69) is 22.9 Å². The smallest absolute Gasteiger partial charge is 0.127 e. The molecule has 0 bridgehead atoms. The molecule has 1 aliphatic rings. The number of thioether (sulfide) groups is 1. The Balaban J connectivity index is 2.09. The van der Waals surface area contributed by atoms with Crippen molar-refractivity contribution in [2.75, 3.05) is 18.1 Å². The molecule has 1 saturated heterocycles. The van der Waals surface area contributed by atoms with Crippen molar-refractivity contribution in [1.29, 1.82) is 0 Å². The minimum absolute atomic E-state index is 0.356. The first-order valence-electron chi connectivity index (χ1n) is 6.26. The fraction of sp³-hybridized carbons (Fsp3) is 0.462. The maximum Gasteiger partial charge on any atom is 0.127 e. The Kier molecular flexibility index (Phi) is 3.50. The lowest BCUT2D eigenvalue weighted by atomic mass is 10.3. The minimum Gasteiger partial charge on any atom is -0.327 e. The van der Waals surface area contributed by atoms with Crippen LogP contribution in [-0.4, -0.2) is 27.6 Å². The Morgan fingerprint density at radius 1 is 1.56 bits per heavy atom. The fourth-order valence-corrected chi connectivity index (χ4v) is 3.55. The summed E-state index contributed by atoms with van der Waals surface area (Å²) in [5.74, 6) is 3.42. The Hall–Kier alpha value is -0.710. The van der Waals surface area contributed by atoms with E-state index in [9.17, 15) is 0 Å². The van der Waals surface area contributed by atoms with Crippen molar-refractivity contribution < 1.29 is 0 Å². The van der Waals surface area contributed by atoms with Crippen LogP contribution in [0.5, 0.6) is 0 Å². The zero-order valence-electron chi connectivity index (χ0n) is 10.3. The van der Waals surface area contributed by atoms with Gasteiger partial charge in [-0.05, 0) is 25.1 Å². The summed E-state index contributed by atoms with van der Waals surface area (Å²) in [6, 6.07) is 6.30. The van der Waals surface area contributed by atoms with E-state index in [-0.39, 0.29) is 0 Å². The molecule has 0 spiro atoms. The van der Waals surface area contributed by atoms with E-state index in [1.54, 1.807) is 0 Å². The second kappa shape index (κ2) is 5.11. The number of benzene rings is 1. The van der Waals surface area contributed by atoms with E-state index in [1.165, 1.54) is 11.3 Å². The SMILES string of the molecule is CCn1c(C2CSCCN2)nc2cc(Cl)ccc21. The van der Waals surface area contributed by atoms with Crippen molar-refractivity contribution in [2.24, 2.45) is 0 Å². The highest BCUT2D eigenvalue weighted by Gasteiger charge is 2.21. The third-order valence-electron chi connectivity index (χ3n) is 3.29. The van der Waals surface area contributed by atoms with Gasteiger partial charge in [0.05, 0.1) is 17.1 Å². The second-order valence-corrected chi connectivity index (χ2v) is 6.02. The van der Waals surface area contributed by atoms with Gasteiger partial charge in [-0.15, -0.1) is 0 Å². The molecule has 0 saturated carbocycles. The molecule has 2 aromatic rings. The molecule has 1 atom stereocenters. The number of halogens is 1. The Morgan fingerprint density at radius 3 is 3.17 bits per heavy atom. The lowest BCUT2D eigenvalue weighted by molar-refractivity contribution is 0.536. The number of hydrogen-bond donors (Lipinski definition) is 1. The average molecular weight is 282 g/mol. The van der Waals surface area contributed by atoms with Crippen molar-refractivity contribution in [2.45, 2.75) is 19.5 Å². The van der Waals surface area contributed by atoms with E-state index >= 15 is 0 Å². The van der Waals surface area contributed by atoms with E-state index < -0.39 is 0 Å². The summed E-state index contributed by atoms with van der Waals surface area (Å²) in [5.41, 5.74) is 2.17. The van der Waals surface area contributed by atoms with Crippen LogP contribution < -0.4 is 5.32 Å². The van der Waals surface area contributed by atoms with Gasteiger partial charge in [-0.25, -0.2) is 4.98 Å². The first-order valence-corrected chi connectivity index (χ1v) is 7.79. The fourth-order valence-electron chi connectivity index (χ4n) is 2.45. The van der Waals surface area contributed by atoms with E-state index in [0.29, 0.717) is 6.04 Å². The molecular formula is C13H16ClN3S. The van der Waals surface area contributed by atoms with Crippen molar-refractivity contribution >= 4 is 34.4 Å². The van der Waals surface area contributed by atoms with Crippen LogP contribution >= 0.6 is 23.4 Å². The highest BCUT2D eigenvalue weighted by atomic mass is 35.5. The van der Waals surface area contributed by atoms with Gasteiger partial charge in [-0.2, -0.15) is 11.8 Å². The van der Waals surface area contributed by atoms with E-state index in [0.717, 1.165) is 35.2 Å². The van der Waals surface area contributed by atoms with Gasteiger partial charge in [0.25, 0.3) is 0 Å². The summed E-state index contributed by atoms with van der Waals surface area (Å²) in [6.07, 6.45) is 0. The monoisotopic (exact) mass is 281 g/mol. The number of rotatable bonds is 2. The summed E-state index contributed by atoms with van der Waals surface area (Å²) in [4.78, 5) is 4.77. The van der Waals surface area contributed by atoms with Gasteiger partial charge in [0.2, 0.25) is 0 Å².